The van der Waals surface area contributed by atoms with Gasteiger partial charge in [0.25, 0.3) is 5.91 Å². The van der Waals surface area contributed by atoms with Gasteiger partial charge in [-0.1, -0.05) is 18.2 Å². The Bertz CT molecular complexity index is 1140. The number of imidazole rings is 1. The predicted molar refractivity (Wildman–Crippen MR) is 115 cm³/mol. The summed E-state index contributed by atoms with van der Waals surface area (Å²) in [6.07, 6.45) is 6.34. The van der Waals surface area contributed by atoms with Crippen LogP contribution < -0.4 is 15.4 Å². The summed E-state index contributed by atoms with van der Waals surface area (Å²) in [4.78, 5) is 28.7. The number of nitrogens with zero attached hydrogens (tertiary/aromatic N) is 2. The summed E-state index contributed by atoms with van der Waals surface area (Å²) >= 11 is 0. The van der Waals surface area contributed by atoms with Crippen LogP contribution in [0.4, 0.5) is 17.1 Å². The third-order valence-corrected chi connectivity index (χ3v) is 4.63. The van der Waals surface area contributed by atoms with E-state index in [1.165, 1.54) is 0 Å². The van der Waals surface area contributed by atoms with Gasteiger partial charge in [-0.25, -0.2) is 13.4 Å². The van der Waals surface area contributed by atoms with Crippen LogP contribution in [0.2, 0.25) is 0 Å². The van der Waals surface area contributed by atoms with Crippen LogP contribution in [0.1, 0.15) is 16.8 Å². The van der Waals surface area contributed by atoms with E-state index >= 15 is 0 Å². The highest BCUT2D eigenvalue weighted by atomic mass is 32.2. The molecule has 0 atom stereocenters. The summed E-state index contributed by atoms with van der Waals surface area (Å²) in [5.41, 5.74) is 1.39. The Balaban J connectivity index is 1.66. The van der Waals surface area contributed by atoms with E-state index in [2.05, 4.69) is 20.3 Å². The third-order valence-electron chi connectivity index (χ3n) is 4.04. The molecule has 0 saturated heterocycles. The highest BCUT2D eigenvalue weighted by molar-refractivity contribution is 7.92. The summed E-state index contributed by atoms with van der Waals surface area (Å²) in [7, 11) is -3.50. The Labute approximate surface area is 174 Å². The molecule has 0 radical (unpaired) electrons. The zero-order valence-electron chi connectivity index (χ0n) is 16.2. The van der Waals surface area contributed by atoms with Crippen molar-refractivity contribution >= 4 is 38.9 Å². The number of carbonyl (C=O) groups excluding carboxylic acids is 2. The third kappa shape index (κ3) is 6.17. The van der Waals surface area contributed by atoms with E-state index in [1.54, 1.807) is 71.8 Å². The van der Waals surface area contributed by atoms with Crippen molar-refractivity contribution < 1.29 is 18.0 Å². The molecule has 1 aromatic heterocycles. The lowest BCUT2D eigenvalue weighted by Gasteiger charge is -2.12. The van der Waals surface area contributed by atoms with Crippen LogP contribution in [0.3, 0.4) is 0 Å². The standard InChI is InChI=1S/C20H21N5O4S/c1-30(28,29)24-18-8-3-2-7-17(18)23-20(27)15-5-4-6-16(13-15)22-19(26)9-11-25-12-10-21-14-25/h2-8,10,12-14,24H,9,11H2,1H3,(H,22,26)(H,23,27). The van der Waals surface area contributed by atoms with E-state index in [-0.39, 0.29) is 18.0 Å². The molecule has 0 aliphatic rings. The van der Waals surface area contributed by atoms with Crippen molar-refractivity contribution in [3.8, 4) is 0 Å². The fraction of sp³-hybridized carbons (Fsp3) is 0.150. The molecule has 0 fully saturated rings. The maximum absolute atomic E-state index is 12.6. The number of benzene rings is 2. The van der Waals surface area contributed by atoms with Crippen LogP contribution in [0.15, 0.2) is 67.3 Å². The molecule has 2 aromatic carbocycles. The Morgan fingerprint density at radius 1 is 1.03 bits per heavy atom. The van der Waals surface area contributed by atoms with E-state index in [0.717, 1.165) is 6.26 Å². The Morgan fingerprint density at radius 3 is 2.50 bits per heavy atom. The first-order valence-corrected chi connectivity index (χ1v) is 10.9. The largest absolute Gasteiger partial charge is 0.337 e. The van der Waals surface area contributed by atoms with E-state index in [4.69, 9.17) is 0 Å². The van der Waals surface area contributed by atoms with Crippen molar-refractivity contribution in [3.63, 3.8) is 0 Å². The van der Waals surface area contributed by atoms with Crippen LogP contribution in [0, 0.1) is 0 Å². The number of carbonyl (C=O) groups is 2. The van der Waals surface area contributed by atoms with Crippen molar-refractivity contribution in [2.24, 2.45) is 0 Å². The second kappa shape index (κ2) is 9.23. The lowest BCUT2D eigenvalue weighted by Crippen LogP contribution is -2.17. The first kappa shape index (κ1) is 21.1. The van der Waals surface area contributed by atoms with Gasteiger partial charge in [-0.05, 0) is 30.3 Å². The van der Waals surface area contributed by atoms with E-state index < -0.39 is 15.9 Å². The highest BCUT2D eigenvalue weighted by Crippen LogP contribution is 2.23. The lowest BCUT2D eigenvalue weighted by atomic mass is 10.1. The maximum Gasteiger partial charge on any atom is 0.255 e. The fourth-order valence-corrected chi connectivity index (χ4v) is 3.26. The minimum Gasteiger partial charge on any atom is -0.337 e. The minimum atomic E-state index is -3.50. The molecule has 0 spiro atoms. The summed E-state index contributed by atoms with van der Waals surface area (Å²) < 4.78 is 27.2. The zero-order valence-corrected chi connectivity index (χ0v) is 17.0. The van der Waals surface area contributed by atoms with E-state index in [1.807, 2.05) is 0 Å². The predicted octanol–water partition coefficient (Wildman–Crippen LogP) is 2.54. The fourth-order valence-electron chi connectivity index (χ4n) is 2.69. The van der Waals surface area contributed by atoms with E-state index in [9.17, 15) is 18.0 Å². The molecular weight excluding hydrogens is 406 g/mol. The molecule has 9 nitrogen and oxygen atoms in total. The Morgan fingerprint density at radius 2 is 1.80 bits per heavy atom. The molecule has 1 heterocycles. The molecule has 2 amide bonds. The number of hydrogen-bond donors (Lipinski definition) is 3. The van der Waals surface area contributed by atoms with Gasteiger partial charge >= 0.3 is 0 Å². The Hall–Kier alpha value is -3.66. The van der Waals surface area contributed by atoms with Crippen molar-refractivity contribution in [2.45, 2.75) is 13.0 Å². The Kier molecular flexibility index (Phi) is 6.48. The van der Waals surface area contributed by atoms with Crippen LogP contribution in [-0.4, -0.2) is 36.0 Å². The van der Waals surface area contributed by atoms with Crippen LogP contribution >= 0.6 is 0 Å². The number of sulfonamides is 1. The second-order valence-corrected chi connectivity index (χ2v) is 8.30. The normalized spacial score (nSPS) is 11.0. The number of aromatic nitrogens is 2. The van der Waals surface area contributed by atoms with Gasteiger partial charge in [0.05, 0.1) is 24.0 Å². The smallest absolute Gasteiger partial charge is 0.255 e. The van der Waals surface area contributed by atoms with Gasteiger partial charge < -0.3 is 15.2 Å². The average molecular weight is 427 g/mol. The molecule has 0 unspecified atom stereocenters. The lowest BCUT2D eigenvalue weighted by molar-refractivity contribution is -0.116. The van der Waals surface area contributed by atoms with Gasteiger partial charge in [-0.15, -0.1) is 0 Å². The number of anilines is 3. The molecule has 10 heteroatoms. The number of rotatable bonds is 8. The summed E-state index contributed by atoms with van der Waals surface area (Å²) in [5, 5.41) is 5.45. The first-order valence-electron chi connectivity index (χ1n) is 9.04. The summed E-state index contributed by atoms with van der Waals surface area (Å²) in [5.74, 6) is -0.628. The zero-order chi connectivity index (χ0) is 21.6. The van der Waals surface area contributed by atoms with Gasteiger partial charge in [0.15, 0.2) is 0 Å². The molecule has 3 rings (SSSR count). The van der Waals surface area contributed by atoms with Crippen LogP contribution in [0.5, 0.6) is 0 Å². The summed E-state index contributed by atoms with van der Waals surface area (Å²) in [6.45, 7) is 0.496. The first-order chi connectivity index (χ1) is 14.3. The van der Waals surface area contributed by atoms with Gasteiger partial charge in [0.2, 0.25) is 15.9 Å². The topological polar surface area (TPSA) is 122 Å². The molecular formula is C20H21N5O4S. The molecule has 0 aliphatic carbocycles. The number of hydrogen-bond acceptors (Lipinski definition) is 5. The maximum atomic E-state index is 12.6. The van der Waals surface area contributed by atoms with Crippen LogP contribution in [0.25, 0.3) is 0 Å². The number of para-hydroxylation sites is 2. The van der Waals surface area contributed by atoms with Crippen molar-refractivity contribution in [1.29, 1.82) is 0 Å². The second-order valence-electron chi connectivity index (χ2n) is 6.55. The van der Waals surface area contributed by atoms with Gasteiger partial charge in [0, 0.05) is 36.6 Å². The number of aryl methyl sites for hydroxylation is 1. The minimum absolute atomic E-state index is 0.191. The van der Waals surface area contributed by atoms with Gasteiger partial charge in [-0.3, -0.25) is 14.3 Å². The molecule has 30 heavy (non-hydrogen) atoms. The molecule has 3 N–H and O–H groups in total. The molecule has 0 aliphatic heterocycles. The van der Waals surface area contributed by atoms with Crippen LogP contribution in [-0.2, 0) is 21.4 Å². The quantitative estimate of drug-likeness (QED) is 0.510. The van der Waals surface area contributed by atoms with Gasteiger partial charge in [-0.2, -0.15) is 0 Å². The van der Waals surface area contributed by atoms with Crippen molar-refractivity contribution in [3.05, 3.63) is 72.8 Å². The average Bonchev–Trinajstić information content (AvgIpc) is 3.21. The number of nitrogens with one attached hydrogen (secondary N) is 3. The molecule has 0 bridgehead atoms. The van der Waals surface area contributed by atoms with Gasteiger partial charge in [0.1, 0.15) is 0 Å². The van der Waals surface area contributed by atoms with E-state index in [0.29, 0.717) is 23.5 Å². The summed E-state index contributed by atoms with van der Waals surface area (Å²) in [6, 6.07) is 13.0. The number of amides is 2. The van der Waals surface area contributed by atoms with Crippen molar-refractivity contribution in [2.75, 3.05) is 21.6 Å². The SMILES string of the molecule is CS(=O)(=O)Nc1ccccc1NC(=O)c1cccc(NC(=O)CCn2ccnc2)c1. The molecule has 0 saturated carbocycles. The monoisotopic (exact) mass is 427 g/mol. The molecule has 3 aromatic rings. The van der Waals surface area contributed by atoms with Crippen molar-refractivity contribution in [1.82, 2.24) is 9.55 Å². The molecule has 156 valence electrons. The highest BCUT2D eigenvalue weighted by Gasteiger charge is 2.12.